The van der Waals surface area contributed by atoms with Gasteiger partial charge < -0.3 is 10.6 Å². The highest BCUT2D eigenvalue weighted by atomic mass is 15.2. The van der Waals surface area contributed by atoms with Gasteiger partial charge in [0.2, 0.25) is 0 Å². The Morgan fingerprint density at radius 1 is 1.42 bits per heavy atom. The molecule has 0 aliphatic carbocycles. The molecule has 2 nitrogen and oxygen atoms in total. The van der Waals surface area contributed by atoms with E-state index in [1.54, 1.807) is 0 Å². The van der Waals surface area contributed by atoms with Crippen molar-refractivity contribution in [2.45, 2.75) is 39.2 Å². The highest BCUT2D eigenvalue weighted by molar-refractivity contribution is 4.76. The lowest BCUT2D eigenvalue weighted by Gasteiger charge is -2.36. The zero-order valence-corrected chi connectivity index (χ0v) is 8.42. The van der Waals surface area contributed by atoms with Gasteiger partial charge in [-0.15, -0.1) is 0 Å². The van der Waals surface area contributed by atoms with E-state index in [1.807, 2.05) is 0 Å². The fourth-order valence-electron chi connectivity index (χ4n) is 2.08. The van der Waals surface area contributed by atoms with Crippen LogP contribution in [-0.2, 0) is 0 Å². The van der Waals surface area contributed by atoms with Crippen molar-refractivity contribution < 1.29 is 0 Å². The summed E-state index contributed by atoms with van der Waals surface area (Å²) in [5.41, 5.74) is 5.49. The maximum absolute atomic E-state index is 5.49. The number of nitrogens with two attached hydrogens (primary N) is 1. The van der Waals surface area contributed by atoms with Gasteiger partial charge in [0.25, 0.3) is 0 Å². The molecule has 0 amide bonds. The second-order valence-corrected chi connectivity index (χ2v) is 4.16. The Morgan fingerprint density at radius 2 is 2.17 bits per heavy atom. The molecule has 2 unspecified atom stereocenters. The Balaban J connectivity index is 2.25. The van der Waals surface area contributed by atoms with Crippen LogP contribution in [0.2, 0.25) is 0 Å². The summed E-state index contributed by atoms with van der Waals surface area (Å²) in [5.74, 6) is 0.925. The second-order valence-electron chi connectivity index (χ2n) is 4.16. The molecule has 0 aromatic heterocycles. The first kappa shape index (κ1) is 10.0. The Labute approximate surface area is 76.1 Å². The third kappa shape index (κ3) is 2.76. The summed E-state index contributed by atoms with van der Waals surface area (Å²) in [5, 5.41) is 0. The van der Waals surface area contributed by atoms with Gasteiger partial charge in [-0.2, -0.15) is 0 Å². The molecule has 1 fully saturated rings. The van der Waals surface area contributed by atoms with Crippen LogP contribution < -0.4 is 5.73 Å². The van der Waals surface area contributed by atoms with Crippen molar-refractivity contribution in [3.8, 4) is 0 Å². The normalized spacial score (nSPS) is 32.2. The minimum atomic E-state index is 0.778. The van der Waals surface area contributed by atoms with Crippen molar-refractivity contribution in [2.75, 3.05) is 19.6 Å². The fourth-order valence-corrected chi connectivity index (χ4v) is 2.08. The van der Waals surface area contributed by atoms with Crippen LogP contribution in [0.25, 0.3) is 0 Å². The van der Waals surface area contributed by atoms with Gasteiger partial charge in [0.15, 0.2) is 0 Å². The first-order chi connectivity index (χ1) is 5.74. The monoisotopic (exact) mass is 170 g/mol. The van der Waals surface area contributed by atoms with Gasteiger partial charge in [-0.3, -0.25) is 0 Å². The van der Waals surface area contributed by atoms with E-state index in [0.717, 1.165) is 24.9 Å². The first-order valence-electron chi connectivity index (χ1n) is 5.18. The molecule has 12 heavy (non-hydrogen) atoms. The molecule has 2 atom stereocenters. The number of hydrogen-bond donors (Lipinski definition) is 1. The zero-order chi connectivity index (χ0) is 8.97. The molecule has 1 heterocycles. The number of likely N-dealkylation sites (tertiary alicyclic amines) is 1. The summed E-state index contributed by atoms with van der Waals surface area (Å²) in [6.45, 7) is 8.01. The van der Waals surface area contributed by atoms with E-state index in [0.29, 0.717) is 0 Å². The van der Waals surface area contributed by atoms with Gasteiger partial charge in [0, 0.05) is 6.04 Å². The predicted molar refractivity (Wildman–Crippen MR) is 53.1 cm³/mol. The van der Waals surface area contributed by atoms with Crippen LogP contribution in [0.5, 0.6) is 0 Å². The van der Waals surface area contributed by atoms with Crippen LogP contribution in [-0.4, -0.2) is 30.6 Å². The lowest BCUT2D eigenvalue weighted by molar-refractivity contribution is 0.129. The van der Waals surface area contributed by atoms with E-state index < -0.39 is 0 Å². The first-order valence-corrected chi connectivity index (χ1v) is 5.18. The van der Waals surface area contributed by atoms with Gasteiger partial charge in [-0.05, 0) is 51.7 Å². The summed E-state index contributed by atoms with van der Waals surface area (Å²) in [6, 6.07) is 0.778. The molecule has 0 spiro atoms. The van der Waals surface area contributed by atoms with E-state index in [4.69, 9.17) is 5.73 Å². The molecule has 2 N–H and O–H groups in total. The predicted octanol–water partition coefficient (Wildman–Crippen LogP) is 1.46. The van der Waals surface area contributed by atoms with Crippen LogP contribution in [0, 0.1) is 5.92 Å². The van der Waals surface area contributed by atoms with E-state index >= 15 is 0 Å². The molecule has 1 saturated heterocycles. The molecular formula is C10H22N2. The molecule has 0 aromatic rings. The van der Waals surface area contributed by atoms with Gasteiger partial charge in [0.1, 0.15) is 0 Å². The van der Waals surface area contributed by atoms with Crippen molar-refractivity contribution in [3.63, 3.8) is 0 Å². The Hall–Kier alpha value is -0.0800. The van der Waals surface area contributed by atoms with Crippen molar-refractivity contribution in [3.05, 3.63) is 0 Å². The van der Waals surface area contributed by atoms with Crippen LogP contribution >= 0.6 is 0 Å². The number of hydrogen-bond acceptors (Lipinski definition) is 2. The molecule has 0 radical (unpaired) electrons. The maximum atomic E-state index is 5.49. The van der Waals surface area contributed by atoms with Gasteiger partial charge >= 0.3 is 0 Å². The topological polar surface area (TPSA) is 29.3 Å². The molecule has 1 aliphatic rings. The lowest BCUT2D eigenvalue weighted by atomic mass is 9.93. The van der Waals surface area contributed by atoms with Crippen molar-refractivity contribution in [2.24, 2.45) is 11.7 Å². The Bertz CT molecular complexity index is 123. The van der Waals surface area contributed by atoms with Crippen LogP contribution in [0.3, 0.4) is 0 Å². The third-order valence-corrected chi connectivity index (χ3v) is 2.93. The summed E-state index contributed by atoms with van der Waals surface area (Å²) >= 11 is 0. The average molecular weight is 170 g/mol. The highest BCUT2D eigenvalue weighted by Gasteiger charge is 2.21. The fraction of sp³-hybridized carbons (Fsp3) is 1.00. The summed E-state index contributed by atoms with van der Waals surface area (Å²) in [6.07, 6.45) is 3.89. The largest absolute Gasteiger partial charge is 0.330 e. The summed E-state index contributed by atoms with van der Waals surface area (Å²) in [7, 11) is 0. The third-order valence-electron chi connectivity index (χ3n) is 2.93. The van der Waals surface area contributed by atoms with E-state index in [2.05, 4.69) is 18.7 Å². The van der Waals surface area contributed by atoms with E-state index in [1.165, 1.54) is 25.9 Å². The van der Waals surface area contributed by atoms with Crippen LogP contribution in [0.15, 0.2) is 0 Å². The van der Waals surface area contributed by atoms with Crippen molar-refractivity contribution >= 4 is 0 Å². The Kier molecular flexibility index (Phi) is 4.02. The van der Waals surface area contributed by atoms with E-state index in [-0.39, 0.29) is 0 Å². The lowest BCUT2D eigenvalue weighted by Crippen LogP contribution is -2.41. The van der Waals surface area contributed by atoms with E-state index in [9.17, 15) is 0 Å². The number of piperidine rings is 1. The smallest absolute Gasteiger partial charge is 0.00694 e. The summed E-state index contributed by atoms with van der Waals surface area (Å²) < 4.78 is 0. The quantitative estimate of drug-likeness (QED) is 0.694. The SMILES string of the molecule is CC1CCN(CCCN)C(C)C1. The molecule has 0 aromatic carbocycles. The number of nitrogens with zero attached hydrogens (tertiary/aromatic N) is 1. The van der Waals surface area contributed by atoms with Gasteiger partial charge in [-0.25, -0.2) is 0 Å². The van der Waals surface area contributed by atoms with Crippen molar-refractivity contribution in [1.29, 1.82) is 0 Å². The minimum absolute atomic E-state index is 0.778. The number of rotatable bonds is 3. The second kappa shape index (κ2) is 4.83. The minimum Gasteiger partial charge on any atom is -0.330 e. The Morgan fingerprint density at radius 3 is 2.75 bits per heavy atom. The highest BCUT2D eigenvalue weighted by Crippen LogP contribution is 2.21. The van der Waals surface area contributed by atoms with Gasteiger partial charge in [-0.1, -0.05) is 6.92 Å². The van der Waals surface area contributed by atoms with Crippen LogP contribution in [0.4, 0.5) is 0 Å². The zero-order valence-electron chi connectivity index (χ0n) is 8.42. The molecule has 72 valence electrons. The standard InChI is InChI=1S/C10H22N2/c1-9-4-7-12(6-3-5-11)10(2)8-9/h9-10H,3-8,11H2,1-2H3. The summed E-state index contributed by atoms with van der Waals surface area (Å²) in [4.78, 5) is 2.58. The van der Waals surface area contributed by atoms with Crippen molar-refractivity contribution in [1.82, 2.24) is 4.90 Å². The molecule has 1 aliphatic heterocycles. The average Bonchev–Trinajstić information content (AvgIpc) is 2.03. The maximum Gasteiger partial charge on any atom is 0.00694 e. The van der Waals surface area contributed by atoms with Crippen LogP contribution in [0.1, 0.15) is 33.1 Å². The molecule has 1 rings (SSSR count). The molecule has 0 saturated carbocycles. The molecule has 0 bridgehead atoms. The van der Waals surface area contributed by atoms with Gasteiger partial charge in [0.05, 0.1) is 0 Å². The molecular weight excluding hydrogens is 148 g/mol. The molecule has 2 heteroatoms.